The molecule has 2 aliphatic rings. The van der Waals surface area contributed by atoms with Gasteiger partial charge in [-0.15, -0.1) is 0 Å². The minimum absolute atomic E-state index is 0.0855. The summed E-state index contributed by atoms with van der Waals surface area (Å²) >= 11 is 0. The number of benzene rings is 1. The fourth-order valence-corrected chi connectivity index (χ4v) is 2.62. The molecule has 4 nitrogen and oxygen atoms in total. The molecule has 2 heterocycles. The third-order valence-electron chi connectivity index (χ3n) is 3.72. The van der Waals surface area contributed by atoms with Gasteiger partial charge in [-0.05, 0) is 25.1 Å². The van der Waals surface area contributed by atoms with Crippen molar-refractivity contribution in [2.24, 2.45) is 0 Å². The molecule has 3 rings (SSSR count). The number of ether oxygens (including phenoxy) is 2. The molecule has 0 saturated carbocycles. The van der Waals surface area contributed by atoms with Crippen LogP contribution < -0.4 is 10.1 Å². The Hall–Kier alpha value is -1.55. The third kappa shape index (κ3) is 1.52. The van der Waals surface area contributed by atoms with Crippen molar-refractivity contribution in [2.75, 3.05) is 20.3 Å². The van der Waals surface area contributed by atoms with Gasteiger partial charge in [-0.1, -0.05) is 6.07 Å². The topological polar surface area (TPSA) is 47.6 Å². The first-order valence-corrected chi connectivity index (χ1v) is 5.86. The molecule has 1 saturated heterocycles. The second-order valence-electron chi connectivity index (χ2n) is 4.56. The second-order valence-corrected chi connectivity index (χ2v) is 4.56. The lowest BCUT2D eigenvalue weighted by molar-refractivity contribution is 0.0599. The summed E-state index contributed by atoms with van der Waals surface area (Å²) in [6.45, 7) is 1.75. The van der Waals surface area contributed by atoms with Crippen molar-refractivity contribution in [3.05, 3.63) is 29.3 Å². The zero-order valence-corrected chi connectivity index (χ0v) is 9.79. The zero-order valence-electron chi connectivity index (χ0n) is 9.79. The molecule has 1 spiro atoms. The number of fused-ring (bicyclic) bond motifs is 2. The number of nitrogens with one attached hydrogen (secondary N) is 1. The molecule has 1 aromatic carbocycles. The number of hydrogen-bond donors (Lipinski definition) is 1. The number of carbonyl (C=O) groups is 1. The summed E-state index contributed by atoms with van der Waals surface area (Å²) in [6.07, 6.45) is 2.14. The van der Waals surface area contributed by atoms with E-state index in [2.05, 4.69) is 5.32 Å². The highest BCUT2D eigenvalue weighted by atomic mass is 16.5. The van der Waals surface area contributed by atoms with E-state index in [4.69, 9.17) is 9.47 Å². The highest BCUT2D eigenvalue weighted by molar-refractivity contribution is 5.90. The Labute approximate surface area is 99.9 Å². The van der Waals surface area contributed by atoms with E-state index in [1.54, 1.807) is 12.1 Å². The van der Waals surface area contributed by atoms with Gasteiger partial charge in [0.15, 0.2) is 0 Å². The summed E-state index contributed by atoms with van der Waals surface area (Å²) in [4.78, 5) is 11.5. The molecule has 0 bridgehead atoms. The van der Waals surface area contributed by atoms with Gasteiger partial charge in [0.1, 0.15) is 5.75 Å². The van der Waals surface area contributed by atoms with Crippen LogP contribution in [0.4, 0.5) is 0 Å². The molecule has 2 aliphatic heterocycles. The van der Waals surface area contributed by atoms with Crippen LogP contribution in [0, 0.1) is 0 Å². The first-order chi connectivity index (χ1) is 8.25. The summed E-state index contributed by atoms with van der Waals surface area (Å²) in [5.74, 6) is 0.490. The van der Waals surface area contributed by atoms with Crippen molar-refractivity contribution in [1.82, 2.24) is 5.32 Å². The van der Waals surface area contributed by atoms with Gasteiger partial charge in [0.05, 0.1) is 24.8 Å². The van der Waals surface area contributed by atoms with Crippen molar-refractivity contribution in [3.63, 3.8) is 0 Å². The fraction of sp³-hybridized carbons (Fsp3) is 0.462. The lowest BCUT2D eigenvalue weighted by atomic mass is 9.76. The summed E-state index contributed by atoms with van der Waals surface area (Å²) in [5, 5.41) is 3.48. The molecular formula is C13H15NO3. The Kier molecular flexibility index (Phi) is 2.33. The Morgan fingerprint density at radius 1 is 1.47 bits per heavy atom. The summed E-state index contributed by atoms with van der Waals surface area (Å²) in [6, 6.07) is 5.57. The highest BCUT2D eigenvalue weighted by Gasteiger charge is 2.42. The van der Waals surface area contributed by atoms with E-state index < -0.39 is 0 Å². The van der Waals surface area contributed by atoms with Crippen LogP contribution in [0.1, 0.15) is 28.8 Å². The molecule has 0 aromatic heterocycles. The molecule has 1 aromatic rings. The molecule has 0 unspecified atom stereocenters. The van der Waals surface area contributed by atoms with Crippen molar-refractivity contribution < 1.29 is 14.3 Å². The van der Waals surface area contributed by atoms with Crippen molar-refractivity contribution in [2.45, 2.75) is 18.4 Å². The zero-order chi connectivity index (χ0) is 11.9. The first kappa shape index (κ1) is 10.6. The fourth-order valence-electron chi connectivity index (χ4n) is 2.62. The molecular weight excluding hydrogens is 218 g/mol. The van der Waals surface area contributed by atoms with E-state index >= 15 is 0 Å². The van der Waals surface area contributed by atoms with Gasteiger partial charge in [0, 0.05) is 12.0 Å². The molecule has 0 radical (unpaired) electrons. The Balaban J connectivity index is 2.01. The third-order valence-corrected chi connectivity index (χ3v) is 3.72. The van der Waals surface area contributed by atoms with Crippen LogP contribution in [-0.4, -0.2) is 26.2 Å². The number of esters is 1. The van der Waals surface area contributed by atoms with Gasteiger partial charge in [-0.2, -0.15) is 0 Å². The molecule has 17 heavy (non-hydrogen) atoms. The Bertz CT molecular complexity index is 466. The standard InChI is InChI=1S/C13H15NO3/c1-16-12(15)9-2-3-10-11(8-9)17-7-5-13(10)4-6-14-13/h2-3,8,14H,4-7H2,1H3/t13-/m0/s1. The number of carbonyl (C=O) groups excluding carboxylic acids is 1. The van der Waals surface area contributed by atoms with Gasteiger partial charge >= 0.3 is 5.97 Å². The molecule has 90 valence electrons. The van der Waals surface area contributed by atoms with Crippen LogP contribution in [0.3, 0.4) is 0 Å². The van der Waals surface area contributed by atoms with Gasteiger partial charge in [-0.3, -0.25) is 0 Å². The molecule has 1 N–H and O–H groups in total. The van der Waals surface area contributed by atoms with Crippen LogP contribution in [-0.2, 0) is 10.3 Å². The second kappa shape index (κ2) is 3.74. The minimum atomic E-state index is -0.322. The van der Waals surface area contributed by atoms with Crippen LogP contribution in [0.5, 0.6) is 5.75 Å². The Morgan fingerprint density at radius 3 is 2.94 bits per heavy atom. The van der Waals surface area contributed by atoms with E-state index in [0.717, 1.165) is 25.1 Å². The first-order valence-electron chi connectivity index (χ1n) is 5.86. The lowest BCUT2D eigenvalue weighted by Gasteiger charge is -2.47. The number of methoxy groups -OCH3 is 1. The quantitative estimate of drug-likeness (QED) is 0.746. The smallest absolute Gasteiger partial charge is 0.337 e. The summed E-state index contributed by atoms with van der Waals surface area (Å²) in [7, 11) is 1.39. The predicted octanol–water partition coefficient (Wildman–Crippen LogP) is 1.44. The maximum absolute atomic E-state index is 11.5. The van der Waals surface area contributed by atoms with E-state index in [0.29, 0.717) is 12.2 Å². The molecule has 1 fully saturated rings. The van der Waals surface area contributed by atoms with Gasteiger partial charge in [-0.25, -0.2) is 4.79 Å². The molecule has 4 heteroatoms. The average molecular weight is 233 g/mol. The maximum Gasteiger partial charge on any atom is 0.337 e. The van der Waals surface area contributed by atoms with E-state index in [9.17, 15) is 4.79 Å². The number of hydrogen-bond acceptors (Lipinski definition) is 4. The Morgan fingerprint density at radius 2 is 2.29 bits per heavy atom. The van der Waals surface area contributed by atoms with Crippen LogP contribution in [0.2, 0.25) is 0 Å². The van der Waals surface area contributed by atoms with Gasteiger partial charge in [0.25, 0.3) is 0 Å². The van der Waals surface area contributed by atoms with Crippen molar-refractivity contribution in [3.8, 4) is 5.75 Å². The minimum Gasteiger partial charge on any atom is -0.493 e. The molecule has 0 aliphatic carbocycles. The van der Waals surface area contributed by atoms with Crippen molar-refractivity contribution in [1.29, 1.82) is 0 Å². The highest BCUT2D eigenvalue weighted by Crippen LogP contribution is 2.43. The van der Waals surface area contributed by atoms with E-state index in [-0.39, 0.29) is 11.5 Å². The predicted molar refractivity (Wildman–Crippen MR) is 62.2 cm³/mol. The largest absolute Gasteiger partial charge is 0.493 e. The number of rotatable bonds is 1. The summed E-state index contributed by atoms with van der Waals surface area (Å²) < 4.78 is 10.4. The monoisotopic (exact) mass is 233 g/mol. The molecule has 1 atom stereocenters. The van der Waals surface area contributed by atoms with Crippen LogP contribution in [0.15, 0.2) is 18.2 Å². The van der Waals surface area contributed by atoms with Gasteiger partial charge < -0.3 is 14.8 Å². The van der Waals surface area contributed by atoms with Gasteiger partial charge in [0.2, 0.25) is 0 Å². The SMILES string of the molecule is COC(=O)c1ccc2c(c1)OCC[C@@]21CCN1. The average Bonchev–Trinajstić information content (AvgIpc) is 2.34. The summed E-state index contributed by atoms with van der Waals surface area (Å²) in [5.41, 5.74) is 1.80. The van der Waals surface area contributed by atoms with Crippen LogP contribution >= 0.6 is 0 Å². The lowest BCUT2D eigenvalue weighted by Crippen LogP contribution is -2.56. The van der Waals surface area contributed by atoms with E-state index in [1.807, 2.05) is 6.07 Å². The van der Waals surface area contributed by atoms with E-state index in [1.165, 1.54) is 12.7 Å². The normalized spacial score (nSPS) is 25.7. The molecule has 0 amide bonds. The van der Waals surface area contributed by atoms with Crippen LogP contribution in [0.25, 0.3) is 0 Å². The maximum atomic E-state index is 11.5. The van der Waals surface area contributed by atoms with Crippen molar-refractivity contribution >= 4 is 5.97 Å².